The Morgan fingerprint density at radius 1 is 1.16 bits per heavy atom. The molecule has 1 atom stereocenters. The Labute approximate surface area is 149 Å². The number of carbonyl (C=O) groups is 1. The number of benzene rings is 2. The van der Waals surface area contributed by atoms with Gasteiger partial charge in [-0.15, -0.1) is 0 Å². The Kier molecular flexibility index (Phi) is 5.27. The summed E-state index contributed by atoms with van der Waals surface area (Å²) >= 11 is 0. The van der Waals surface area contributed by atoms with E-state index in [1.807, 2.05) is 36.9 Å². The number of nitrogens with one attached hydrogen (secondary N) is 1. The minimum Gasteiger partial charge on any atom is -0.483 e. The van der Waals surface area contributed by atoms with Gasteiger partial charge in [0.1, 0.15) is 5.75 Å². The number of hydrogen-bond donors (Lipinski definition) is 1. The van der Waals surface area contributed by atoms with Crippen LogP contribution in [-0.4, -0.2) is 36.5 Å². The Morgan fingerprint density at radius 3 is 2.52 bits per heavy atom. The maximum atomic E-state index is 12.5. The zero-order valence-corrected chi connectivity index (χ0v) is 15.2. The van der Waals surface area contributed by atoms with Crippen LogP contribution in [0.5, 0.6) is 5.75 Å². The van der Waals surface area contributed by atoms with Crippen LogP contribution >= 0.6 is 0 Å². The molecular weight excluding hydrogens is 312 g/mol. The number of carbonyl (C=O) groups excluding carboxylic acids is 1. The van der Waals surface area contributed by atoms with Gasteiger partial charge in [0.15, 0.2) is 6.61 Å². The molecule has 0 radical (unpaired) electrons. The number of likely N-dealkylation sites (tertiary alicyclic amines) is 1. The zero-order chi connectivity index (χ0) is 17.8. The van der Waals surface area contributed by atoms with Crippen LogP contribution in [0.4, 0.5) is 5.69 Å². The quantitative estimate of drug-likeness (QED) is 0.904. The first-order valence-electron chi connectivity index (χ1n) is 8.83. The van der Waals surface area contributed by atoms with Crippen LogP contribution in [-0.2, 0) is 4.79 Å². The fourth-order valence-electron chi connectivity index (χ4n) is 3.49. The molecule has 1 saturated heterocycles. The van der Waals surface area contributed by atoms with Crippen molar-refractivity contribution in [1.82, 2.24) is 4.90 Å². The average molecular weight is 338 g/mol. The Morgan fingerprint density at radius 2 is 1.84 bits per heavy atom. The molecule has 132 valence electrons. The van der Waals surface area contributed by atoms with E-state index in [0.29, 0.717) is 6.04 Å². The molecule has 1 aliphatic heterocycles. The van der Waals surface area contributed by atoms with Crippen LogP contribution in [0.3, 0.4) is 0 Å². The first-order valence-corrected chi connectivity index (χ1v) is 8.83. The largest absolute Gasteiger partial charge is 0.483 e. The van der Waals surface area contributed by atoms with Gasteiger partial charge in [0, 0.05) is 24.8 Å². The lowest BCUT2D eigenvalue weighted by atomic mass is 10.1. The second-order valence-electron chi connectivity index (χ2n) is 6.85. The molecule has 1 N–H and O–H groups in total. The Bertz CT molecular complexity index is 720. The molecule has 4 nitrogen and oxygen atoms in total. The summed E-state index contributed by atoms with van der Waals surface area (Å²) in [6, 6.07) is 14.6. The number of ether oxygens (including phenoxy) is 1. The minimum atomic E-state index is 0.0525. The predicted molar refractivity (Wildman–Crippen MR) is 101 cm³/mol. The summed E-state index contributed by atoms with van der Waals surface area (Å²) < 4.78 is 5.84. The van der Waals surface area contributed by atoms with Gasteiger partial charge in [0.05, 0.1) is 0 Å². The summed E-state index contributed by atoms with van der Waals surface area (Å²) in [5, 5.41) is 3.49. The van der Waals surface area contributed by atoms with Crippen molar-refractivity contribution in [3.63, 3.8) is 0 Å². The summed E-state index contributed by atoms with van der Waals surface area (Å²) in [6.07, 6.45) is 0.962. The molecule has 0 spiro atoms. The van der Waals surface area contributed by atoms with E-state index < -0.39 is 0 Å². The van der Waals surface area contributed by atoms with Crippen molar-refractivity contribution in [2.45, 2.75) is 33.2 Å². The number of rotatable bonds is 5. The van der Waals surface area contributed by atoms with Gasteiger partial charge in [0.2, 0.25) is 0 Å². The monoisotopic (exact) mass is 338 g/mol. The van der Waals surface area contributed by atoms with E-state index >= 15 is 0 Å². The molecule has 25 heavy (non-hydrogen) atoms. The third kappa shape index (κ3) is 4.32. The van der Waals surface area contributed by atoms with Crippen molar-refractivity contribution < 1.29 is 9.53 Å². The number of amides is 1. The summed E-state index contributed by atoms with van der Waals surface area (Å²) in [4.78, 5) is 14.4. The third-order valence-electron chi connectivity index (χ3n) is 4.63. The van der Waals surface area contributed by atoms with Gasteiger partial charge in [-0.25, -0.2) is 0 Å². The van der Waals surface area contributed by atoms with E-state index in [0.717, 1.165) is 42.1 Å². The van der Waals surface area contributed by atoms with Crippen LogP contribution in [0.25, 0.3) is 0 Å². The highest BCUT2D eigenvalue weighted by molar-refractivity contribution is 5.78. The zero-order valence-electron chi connectivity index (χ0n) is 15.2. The molecule has 2 aromatic carbocycles. The molecule has 1 heterocycles. The van der Waals surface area contributed by atoms with Crippen molar-refractivity contribution in [2.24, 2.45) is 0 Å². The summed E-state index contributed by atoms with van der Waals surface area (Å²) in [5.74, 6) is 0.883. The molecule has 1 unspecified atom stereocenters. The molecule has 1 aliphatic rings. The van der Waals surface area contributed by atoms with E-state index in [1.165, 1.54) is 5.56 Å². The lowest BCUT2D eigenvalue weighted by Crippen LogP contribution is -2.35. The number of para-hydroxylation sites is 1. The molecule has 2 aromatic rings. The van der Waals surface area contributed by atoms with Crippen molar-refractivity contribution in [1.29, 1.82) is 0 Å². The van der Waals surface area contributed by atoms with Crippen molar-refractivity contribution in [3.05, 3.63) is 59.2 Å². The molecule has 0 bridgehead atoms. The molecule has 0 aliphatic carbocycles. The van der Waals surface area contributed by atoms with E-state index in [-0.39, 0.29) is 12.5 Å². The maximum Gasteiger partial charge on any atom is 0.260 e. The molecule has 1 fully saturated rings. The van der Waals surface area contributed by atoms with Crippen LogP contribution in [0.15, 0.2) is 42.5 Å². The standard InChI is InChI=1S/C21H26N2O2/c1-15-11-16(2)21(17(3)12-15)25-14-20(24)23-10-9-19(13-23)22-18-7-5-4-6-8-18/h4-8,11-12,19,22H,9-10,13-14H2,1-3H3. The Balaban J connectivity index is 1.53. The average Bonchev–Trinajstić information content (AvgIpc) is 3.03. The van der Waals surface area contributed by atoms with Gasteiger partial charge in [0.25, 0.3) is 5.91 Å². The van der Waals surface area contributed by atoms with Gasteiger partial charge in [-0.2, -0.15) is 0 Å². The van der Waals surface area contributed by atoms with Gasteiger partial charge < -0.3 is 15.0 Å². The summed E-state index contributed by atoms with van der Waals surface area (Å²) in [6.45, 7) is 7.72. The van der Waals surface area contributed by atoms with Crippen LogP contribution in [0.1, 0.15) is 23.1 Å². The lowest BCUT2D eigenvalue weighted by molar-refractivity contribution is -0.132. The van der Waals surface area contributed by atoms with Crippen molar-refractivity contribution >= 4 is 11.6 Å². The predicted octanol–water partition coefficient (Wildman–Crippen LogP) is 3.70. The molecule has 0 aromatic heterocycles. The molecule has 4 heteroatoms. The fourth-order valence-corrected chi connectivity index (χ4v) is 3.49. The Hall–Kier alpha value is -2.49. The van der Waals surface area contributed by atoms with E-state index in [4.69, 9.17) is 4.74 Å². The fraction of sp³-hybridized carbons (Fsp3) is 0.381. The second-order valence-corrected chi connectivity index (χ2v) is 6.85. The van der Waals surface area contributed by atoms with Crippen LogP contribution in [0.2, 0.25) is 0 Å². The second kappa shape index (κ2) is 7.60. The van der Waals surface area contributed by atoms with E-state index in [2.05, 4.69) is 36.5 Å². The van der Waals surface area contributed by atoms with Gasteiger partial charge in [-0.05, 0) is 50.5 Å². The number of hydrogen-bond acceptors (Lipinski definition) is 3. The summed E-state index contributed by atoms with van der Waals surface area (Å²) in [7, 11) is 0. The first-order chi connectivity index (χ1) is 12.0. The highest BCUT2D eigenvalue weighted by Gasteiger charge is 2.26. The van der Waals surface area contributed by atoms with Crippen molar-refractivity contribution in [3.8, 4) is 5.75 Å². The topological polar surface area (TPSA) is 41.6 Å². The molecule has 1 amide bonds. The molecular formula is C21H26N2O2. The molecule has 0 saturated carbocycles. The van der Waals surface area contributed by atoms with Crippen molar-refractivity contribution in [2.75, 3.05) is 25.0 Å². The number of nitrogens with zero attached hydrogens (tertiary/aromatic N) is 1. The maximum absolute atomic E-state index is 12.5. The number of aryl methyl sites for hydroxylation is 3. The normalized spacial score (nSPS) is 16.8. The molecule has 3 rings (SSSR count). The third-order valence-corrected chi connectivity index (χ3v) is 4.63. The SMILES string of the molecule is Cc1cc(C)c(OCC(=O)N2CCC(Nc3ccccc3)C2)c(C)c1. The van der Waals surface area contributed by atoms with E-state index in [1.54, 1.807) is 0 Å². The summed E-state index contributed by atoms with van der Waals surface area (Å²) in [5.41, 5.74) is 4.47. The van der Waals surface area contributed by atoms with Gasteiger partial charge >= 0.3 is 0 Å². The number of anilines is 1. The smallest absolute Gasteiger partial charge is 0.260 e. The first kappa shape index (κ1) is 17.3. The van der Waals surface area contributed by atoms with Gasteiger partial charge in [-0.1, -0.05) is 35.9 Å². The minimum absolute atomic E-state index is 0.0525. The van der Waals surface area contributed by atoms with Gasteiger partial charge in [-0.3, -0.25) is 4.79 Å². The highest BCUT2D eigenvalue weighted by atomic mass is 16.5. The van der Waals surface area contributed by atoms with Crippen LogP contribution < -0.4 is 10.1 Å². The van der Waals surface area contributed by atoms with Crippen LogP contribution in [0, 0.1) is 20.8 Å². The van der Waals surface area contributed by atoms with E-state index in [9.17, 15) is 4.79 Å². The lowest BCUT2D eigenvalue weighted by Gasteiger charge is -2.19. The highest BCUT2D eigenvalue weighted by Crippen LogP contribution is 2.25.